The van der Waals surface area contributed by atoms with Gasteiger partial charge in [-0.2, -0.15) is 5.10 Å². The Bertz CT molecular complexity index is 1040. The summed E-state index contributed by atoms with van der Waals surface area (Å²) in [7, 11) is 0. The first-order valence-electron chi connectivity index (χ1n) is 8.70. The average molecular weight is 426 g/mol. The lowest BCUT2D eigenvalue weighted by molar-refractivity contribution is 0.0954. The van der Waals surface area contributed by atoms with Crippen LogP contribution in [0.25, 0.3) is 0 Å². The molecule has 0 unspecified atom stereocenters. The molecule has 0 spiro atoms. The summed E-state index contributed by atoms with van der Waals surface area (Å²) in [6.45, 7) is 1.78. The number of amides is 2. The molecule has 3 aromatic carbocycles. The molecule has 0 aromatic heterocycles. The highest BCUT2D eigenvalue weighted by Gasteiger charge is 2.07. The molecule has 0 saturated carbocycles. The Hall–Kier alpha value is -3.15. The fourth-order valence-corrected chi connectivity index (χ4v) is 2.72. The molecule has 0 bridgehead atoms. The number of hydrogen-bond donors (Lipinski definition) is 2. The van der Waals surface area contributed by atoms with Crippen LogP contribution >= 0.6 is 23.2 Å². The van der Waals surface area contributed by atoms with E-state index in [1.54, 1.807) is 67.6 Å². The number of carbonyl (C=O) groups is 2. The van der Waals surface area contributed by atoms with Gasteiger partial charge in [-0.05, 0) is 73.2 Å². The third-order valence-electron chi connectivity index (χ3n) is 4.10. The summed E-state index contributed by atoms with van der Waals surface area (Å²) in [4.78, 5) is 24.3. The molecule has 0 aliphatic carbocycles. The van der Waals surface area contributed by atoms with Gasteiger partial charge in [0.1, 0.15) is 0 Å². The van der Waals surface area contributed by atoms with E-state index in [0.717, 1.165) is 5.56 Å². The third-order valence-corrected chi connectivity index (χ3v) is 4.60. The average Bonchev–Trinajstić information content (AvgIpc) is 2.73. The van der Waals surface area contributed by atoms with Gasteiger partial charge in [0.25, 0.3) is 11.8 Å². The van der Waals surface area contributed by atoms with Crippen LogP contribution in [0.2, 0.25) is 10.0 Å². The smallest absolute Gasteiger partial charge is 0.271 e. The van der Waals surface area contributed by atoms with Gasteiger partial charge < -0.3 is 5.32 Å². The van der Waals surface area contributed by atoms with Crippen molar-refractivity contribution in [3.05, 3.63) is 99.5 Å². The Morgan fingerprint density at radius 3 is 1.66 bits per heavy atom. The summed E-state index contributed by atoms with van der Waals surface area (Å²) in [5, 5.41) is 8.07. The molecule has 2 N–H and O–H groups in total. The Kier molecular flexibility index (Phi) is 6.65. The molecule has 2 amide bonds. The number of carbonyl (C=O) groups excluding carboxylic acids is 2. The summed E-state index contributed by atoms with van der Waals surface area (Å²) < 4.78 is 0. The second-order valence-corrected chi connectivity index (χ2v) is 7.06. The summed E-state index contributed by atoms with van der Waals surface area (Å²) in [6.07, 6.45) is 0. The van der Waals surface area contributed by atoms with E-state index in [0.29, 0.717) is 32.6 Å². The maximum absolute atomic E-state index is 12.2. The Morgan fingerprint density at radius 2 is 1.14 bits per heavy atom. The van der Waals surface area contributed by atoms with E-state index in [1.807, 2.05) is 12.1 Å². The summed E-state index contributed by atoms with van der Waals surface area (Å²) in [5.41, 5.74) is 5.58. The highest BCUT2D eigenvalue weighted by Crippen LogP contribution is 2.14. The van der Waals surface area contributed by atoms with Crippen molar-refractivity contribution in [2.45, 2.75) is 6.92 Å². The molecule has 146 valence electrons. The maximum Gasteiger partial charge on any atom is 0.271 e. The van der Waals surface area contributed by atoms with E-state index in [-0.39, 0.29) is 11.8 Å². The quantitative estimate of drug-likeness (QED) is 0.424. The molecule has 29 heavy (non-hydrogen) atoms. The van der Waals surface area contributed by atoms with E-state index in [4.69, 9.17) is 23.2 Å². The molecule has 0 saturated heterocycles. The van der Waals surface area contributed by atoms with Crippen molar-refractivity contribution in [2.75, 3.05) is 5.32 Å². The number of nitrogens with one attached hydrogen (secondary N) is 2. The van der Waals surface area contributed by atoms with Crippen molar-refractivity contribution >= 4 is 46.4 Å². The summed E-state index contributed by atoms with van der Waals surface area (Å²) >= 11 is 11.7. The molecule has 0 radical (unpaired) electrons. The van der Waals surface area contributed by atoms with Gasteiger partial charge in [-0.25, -0.2) is 5.43 Å². The minimum atomic E-state index is -0.326. The lowest BCUT2D eigenvalue weighted by Gasteiger charge is -2.07. The van der Waals surface area contributed by atoms with Crippen LogP contribution < -0.4 is 10.7 Å². The lowest BCUT2D eigenvalue weighted by Crippen LogP contribution is -2.19. The Balaban J connectivity index is 1.62. The number of nitrogens with zero attached hydrogens (tertiary/aromatic N) is 1. The van der Waals surface area contributed by atoms with Gasteiger partial charge in [0.2, 0.25) is 0 Å². The first-order chi connectivity index (χ1) is 13.9. The normalized spacial score (nSPS) is 11.1. The molecular weight excluding hydrogens is 409 g/mol. The van der Waals surface area contributed by atoms with E-state index >= 15 is 0 Å². The minimum absolute atomic E-state index is 0.227. The van der Waals surface area contributed by atoms with E-state index in [1.165, 1.54) is 0 Å². The molecular formula is C22H17Cl2N3O2. The molecule has 0 fully saturated rings. The van der Waals surface area contributed by atoms with Crippen molar-refractivity contribution in [3.8, 4) is 0 Å². The van der Waals surface area contributed by atoms with Crippen LogP contribution in [-0.2, 0) is 0 Å². The monoisotopic (exact) mass is 425 g/mol. The Morgan fingerprint density at radius 1 is 0.690 bits per heavy atom. The van der Waals surface area contributed by atoms with Crippen LogP contribution in [-0.4, -0.2) is 17.5 Å². The molecule has 7 heteroatoms. The minimum Gasteiger partial charge on any atom is -0.322 e. The van der Waals surface area contributed by atoms with Gasteiger partial charge in [-0.3, -0.25) is 9.59 Å². The predicted octanol–water partition coefficient (Wildman–Crippen LogP) is 5.40. The van der Waals surface area contributed by atoms with Crippen LogP contribution in [0.1, 0.15) is 33.2 Å². The SMILES string of the molecule is C/C(=N/NC(=O)c1ccc(Cl)cc1)c1ccc(NC(=O)c2ccc(Cl)cc2)cc1. The van der Waals surface area contributed by atoms with Gasteiger partial charge in [0.05, 0.1) is 5.71 Å². The number of hydrazone groups is 1. The van der Waals surface area contributed by atoms with E-state index in [2.05, 4.69) is 15.8 Å². The zero-order valence-corrected chi connectivity index (χ0v) is 17.0. The van der Waals surface area contributed by atoms with Crippen molar-refractivity contribution in [2.24, 2.45) is 5.10 Å². The number of halogens is 2. The zero-order chi connectivity index (χ0) is 20.8. The third kappa shape index (κ3) is 5.67. The van der Waals surface area contributed by atoms with Crippen LogP contribution in [0.3, 0.4) is 0 Å². The fourth-order valence-electron chi connectivity index (χ4n) is 2.46. The first-order valence-corrected chi connectivity index (χ1v) is 9.45. The van der Waals surface area contributed by atoms with Gasteiger partial charge in [0, 0.05) is 26.9 Å². The second-order valence-electron chi connectivity index (χ2n) is 6.18. The van der Waals surface area contributed by atoms with Gasteiger partial charge >= 0.3 is 0 Å². The van der Waals surface area contributed by atoms with Crippen LogP contribution in [0, 0.1) is 0 Å². The second kappa shape index (κ2) is 9.37. The molecule has 0 heterocycles. The van der Waals surface area contributed by atoms with Crippen LogP contribution in [0.4, 0.5) is 5.69 Å². The Labute approximate surface area is 178 Å². The van der Waals surface area contributed by atoms with Crippen LogP contribution in [0.5, 0.6) is 0 Å². The van der Waals surface area contributed by atoms with Gasteiger partial charge in [-0.15, -0.1) is 0 Å². The molecule has 3 aromatic rings. The highest BCUT2D eigenvalue weighted by atomic mass is 35.5. The number of hydrogen-bond acceptors (Lipinski definition) is 3. The first kappa shape index (κ1) is 20.6. The predicted molar refractivity (Wildman–Crippen MR) is 117 cm³/mol. The zero-order valence-electron chi connectivity index (χ0n) is 15.4. The molecule has 5 nitrogen and oxygen atoms in total. The number of benzene rings is 3. The summed E-state index contributed by atoms with van der Waals surface area (Å²) in [5.74, 6) is -0.553. The topological polar surface area (TPSA) is 70.6 Å². The van der Waals surface area contributed by atoms with E-state index < -0.39 is 0 Å². The number of anilines is 1. The lowest BCUT2D eigenvalue weighted by atomic mass is 10.1. The standard InChI is InChI=1S/C22H17Cl2N3O2/c1-14(26-27-22(29)17-4-10-19(24)11-5-17)15-6-12-20(13-7-15)25-21(28)16-2-8-18(23)9-3-16/h2-13H,1H3,(H,25,28)(H,27,29)/b26-14-. The van der Waals surface area contributed by atoms with Crippen molar-refractivity contribution < 1.29 is 9.59 Å². The summed E-state index contributed by atoms with van der Waals surface area (Å²) in [6, 6.07) is 20.3. The number of rotatable bonds is 5. The largest absolute Gasteiger partial charge is 0.322 e. The molecule has 0 aliphatic heterocycles. The molecule has 0 atom stereocenters. The van der Waals surface area contributed by atoms with Crippen LogP contribution in [0.15, 0.2) is 77.9 Å². The highest BCUT2D eigenvalue weighted by molar-refractivity contribution is 6.31. The molecule has 3 rings (SSSR count). The van der Waals surface area contributed by atoms with Crippen molar-refractivity contribution in [1.82, 2.24) is 5.43 Å². The van der Waals surface area contributed by atoms with Gasteiger partial charge in [0.15, 0.2) is 0 Å². The fraction of sp³-hybridized carbons (Fsp3) is 0.0455. The van der Waals surface area contributed by atoms with Crippen molar-refractivity contribution in [1.29, 1.82) is 0 Å². The van der Waals surface area contributed by atoms with E-state index in [9.17, 15) is 9.59 Å². The van der Waals surface area contributed by atoms with Gasteiger partial charge in [-0.1, -0.05) is 35.3 Å². The van der Waals surface area contributed by atoms with Crippen molar-refractivity contribution in [3.63, 3.8) is 0 Å². The molecule has 0 aliphatic rings. The maximum atomic E-state index is 12.2.